The van der Waals surface area contributed by atoms with Crippen molar-refractivity contribution in [2.75, 3.05) is 13.1 Å². The number of amides is 2. The van der Waals surface area contributed by atoms with Crippen molar-refractivity contribution in [3.8, 4) is 5.75 Å². The number of fused-ring (bicyclic) bond motifs is 1. The molecule has 1 aliphatic rings. The van der Waals surface area contributed by atoms with E-state index in [1.54, 1.807) is 28.8 Å². The van der Waals surface area contributed by atoms with Crippen LogP contribution in [0.15, 0.2) is 24.3 Å². The van der Waals surface area contributed by atoms with Crippen LogP contribution in [0, 0.1) is 0 Å². The second-order valence-electron chi connectivity index (χ2n) is 8.22. The van der Waals surface area contributed by atoms with Crippen LogP contribution in [-0.2, 0) is 31.2 Å². The molecule has 0 bridgehead atoms. The minimum Gasteiger partial charge on any atom is -0.508 e. The van der Waals surface area contributed by atoms with Crippen LogP contribution < -0.4 is 5.32 Å². The summed E-state index contributed by atoms with van der Waals surface area (Å²) >= 11 is 0. The summed E-state index contributed by atoms with van der Waals surface area (Å²) in [5.41, 5.74) is 2.54. The first-order valence-electron chi connectivity index (χ1n) is 9.73. The van der Waals surface area contributed by atoms with Gasteiger partial charge in [0.15, 0.2) is 0 Å². The molecule has 8 heteroatoms. The van der Waals surface area contributed by atoms with Crippen molar-refractivity contribution in [2.24, 2.45) is 7.05 Å². The third-order valence-electron chi connectivity index (χ3n) is 4.70. The van der Waals surface area contributed by atoms with Crippen LogP contribution >= 0.6 is 0 Å². The number of aryl methyl sites for hydroxylation is 1. The Hall–Kier alpha value is -3.03. The molecule has 2 amide bonds. The van der Waals surface area contributed by atoms with Gasteiger partial charge >= 0.3 is 6.09 Å². The molecular weight excluding hydrogens is 372 g/mol. The molecule has 29 heavy (non-hydrogen) atoms. The zero-order valence-corrected chi connectivity index (χ0v) is 17.4. The summed E-state index contributed by atoms with van der Waals surface area (Å²) in [5, 5.41) is 16.7. The predicted molar refractivity (Wildman–Crippen MR) is 108 cm³/mol. The van der Waals surface area contributed by atoms with Crippen molar-refractivity contribution in [1.82, 2.24) is 20.0 Å². The molecule has 0 aliphatic carbocycles. The van der Waals surface area contributed by atoms with Gasteiger partial charge in [0.1, 0.15) is 17.0 Å². The largest absolute Gasteiger partial charge is 0.508 e. The fourth-order valence-corrected chi connectivity index (χ4v) is 3.33. The zero-order chi connectivity index (χ0) is 21.2. The summed E-state index contributed by atoms with van der Waals surface area (Å²) in [6, 6.07) is 6.90. The Morgan fingerprint density at radius 3 is 2.59 bits per heavy atom. The molecule has 0 saturated carbocycles. The topological polar surface area (TPSA) is 96.7 Å². The summed E-state index contributed by atoms with van der Waals surface area (Å²) in [7, 11) is 1.74. The number of hydrogen-bond acceptors (Lipinski definition) is 5. The lowest BCUT2D eigenvalue weighted by Crippen LogP contribution is -2.40. The Morgan fingerprint density at radius 1 is 1.24 bits per heavy atom. The third-order valence-corrected chi connectivity index (χ3v) is 4.70. The Labute approximate surface area is 170 Å². The van der Waals surface area contributed by atoms with Crippen LogP contribution in [0.25, 0.3) is 0 Å². The van der Waals surface area contributed by atoms with Gasteiger partial charge in [0.2, 0.25) is 0 Å². The molecule has 0 unspecified atom stereocenters. The molecule has 156 valence electrons. The van der Waals surface area contributed by atoms with E-state index in [1.807, 2.05) is 32.9 Å². The van der Waals surface area contributed by atoms with E-state index in [-0.39, 0.29) is 17.7 Å². The van der Waals surface area contributed by atoms with Gasteiger partial charge in [-0.25, -0.2) is 4.79 Å². The number of rotatable bonds is 4. The molecule has 1 aromatic carbocycles. The standard InChI is InChI=1S/C21H28N4O4/c1-21(2,3)29-20(28)25-12-10-17-16(13-25)18(24(4)23-17)19(27)22-11-9-14-5-7-15(26)8-6-14/h5-8,26H,9-13H2,1-4H3,(H,22,27). The van der Waals surface area contributed by atoms with Crippen molar-refractivity contribution in [3.63, 3.8) is 0 Å². The summed E-state index contributed by atoms with van der Waals surface area (Å²) in [6.45, 7) is 6.77. The van der Waals surface area contributed by atoms with Crippen LogP contribution in [0.4, 0.5) is 4.79 Å². The number of aromatic nitrogens is 2. The fraction of sp³-hybridized carbons (Fsp3) is 0.476. The molecule has 2 heterocycles. The SMILES string of the molecule is Cn1nc2c(c1C(=O)NCCc1ccc(O)cc1)CN(C(=O)OC(C)(C)C)CC2. The lowest BCUT2D eigenvalue weighted by molar-refractivity contribution is 0.0222. The number of nitrogens with zero attached hydrogens (tertiary/aromatic N) is 3. The molecule has 3 rings (SSSR count). The minimum atomic E-state index is -0.569. The summed E-state index contributed by atoms with van der Waals surface area (Å²) < 4.78 is 7.05. The molecule has 0 radical (unpaired) electrons. The van der Waals surface area contributed by atoms with Gasteiger partial charge in [0.05, 0.1) is 12.2 Å². The van der Waals surface area contributed by atoms with Gasteiger partial charge in [-0.15, -0.1) is 0 Å². The van der Waals surface area contributed by atoms with Gasteiger partial charge in [-0.2, -0.15) is 5.10 Å². The number of phenolic OH excluding ortho intramolecular Hbond substituents is 1. The highest BCUT2D eigenvalue weighted by Crippen LogP contribution is 2.23. The highest BCUT2D eigenvalue weighted by atomic mass is 16.6. The van der Waals surface area contributed by atoms with Crippen molar-refractivity contribution in [3.05, 3.63) is 46.8 Å². The maximum atomic E-state index is 12.8. The van der Waals surface area contributed by atoms with Crippen LogP contribution in [0.1, 0.15) is 48.1 Å². The van der Waals surface area contributed by atoms with E-state index < -0.39 is 5.60 Å². The van der Waals surface area contributed by atoms with Crippen molar-refractivity contribution in [1.29, 1.82) is 0 Å². The Kier molecular flexibility index (Phi) is 5.81. The Bertz CT molecular complexity index is 897. The van der Waals surface area contributed by atoms with Crippen molar-refractivity contribution in [2.45, 2.75) is 45.8 Å². The summed E-state index contributed by atoms with van der Waals surface area (Å²) in [6.07, 6.45) is 0.852. The van der Waals surface area contributed by atoms with E-state index >= 15 is 0 Å². The summed E-state index contributed by atoms with van der Waals surface area (Å²) in [5.74, 6) is -0.0000864. The van der Waals surface area contributed by atoms with Crippen LogP contribution in [0.3, 0.4) is 0 Å². The average Bonchev–Trinajstić information content (AvgIpc) is 2.96. The first kappa shape index (κ1) is 20.7. The van der Waals surface area contributed by atoms with Gasteiger partial charge < -0.3 is 20.1 Å². The fourth-order valence-electron chi connectivity index (χ4n) is 3.33. The van der Waals surface area contributed by atoms with Gasteiger partial charge in [0, 0.05) is 32.1 Å². The van der Waals surface area contributed by atoms with Crippen LogP contribution in [0.5, 0.6) is 5.75 Å². The van der Waals surface area contributed by atoms with Crippen molar-refractivity contribution < 1.29 is 19.4 Å². The maximum absolute atomic E-state index is 12.8. The van der Waals surface area contributed by atoms with Crippen LogP contribution in [0.2, 0.25) is 0 Å². The smallest absolute Gasteiger partial charge is 0.410 e. The minimum absolute atomic E-state index is 0.217. The van der Waals surface area contributed by atoms with E-state index in [1.165, 1.54) is 0 Å². The number of nitrogens with one attached hydrogen (secondary N) is 1. The lowest BCUT2D eigenvalue weighted by Gasteiger charge is -2.29. The molecule has 0 spiro atoms. The quantitative estimate of drug-likeness (QED) is 0.821. The number of aromatic hydroxyl groups is 1. The number of carbonyl (C=O) groups excluding carboxylic acids is 2. The first-order valence-corrected chi connectivity index (χ1v) is 9.73. The van der Waals surface area contributed by atoms with Gasteiger partial charge in [0.25, 0.3) is 5.91 Å². The second kappa shape index (κ2) is 8.14. The molecule has 1 aromatic heterocycles. The zero-order valence-electron chi connectivity index (χ0n) is 17.4. The van der Waals surface area contributed by atoms with Gasteiger partial charge in [-0.3, -0.25) is 9.48 Å². The van der Waals surface area contributed by atoms with Crippen LogP contribution in [-0.4, -0.2) is 50.5 Å². The number of benzene rings is 1. The molecule has 2 aromatic rings. The second-order valence-corrected chi connectivity index (χ2v) is 8.22. The molecule has 2 N–H and O–H groups in total. The van der Waals surface area contributed by atoms with E-state index in [0.717, 1.165) is 16.8 Å². The van der Waals surface area contributed by atoms with E-state index in [9.17, 15) is 14.7 Å². The third kappa shape index (κ3) is 5.07. The van der Waals surface area contributed by atoms with E-state index in [0.29, 0.717) is 38.2 Å². The molecule has 0 fully saturated rings. The van der Waals surface area contributed by atoms with Gasteiger partial charge in [-0.1, -0.05) is 12.1 Å². The Balaban J connectivity index is 1.66. The molecule has 0 saturated heterocycles. The average molecular weight is 400 g/mol. The number of hydrogen-bond donors (Lipinski definition) is 2. The Morgan fingerprint density at radius 2 is 1.93 bits per heavy atom. The normalized spacial score (nSPS) is 13.7. The lowest BCUT2D eigenvalue weighted by atomic mass is 10.1. The predicted octanol–water partition coefficient (Wildman–Crippen LogP) is 2.39. The molecule has 8 nitrogen and oxygen atoms in total. The highest BCUT2D eigenvalue weighted by molar-refractivity contribution is 5.94. The number of carbonyl (C=O) groups is 2. The monoisotopic (exact) mass is 400 g/mol. The molecular formula is C21H28N4O4. The first-order chi connectivity index (χ1) is 13.6. The highest BCUT2D eigenvalue weighted by Gasteiger charge is 2.31. The number of phenols is 1. The summed E-state index contributed by atoms with van der Waals surface area (Å²) in [4.78, 5) is 26.8. The van der Waals surface area contributed by atoms with Crippen molar-refractivity contribution >= 4 is 12.0 Å². The number of ether oxygens (including phenoxy) is 1. The van der Waals surface area contributed by atoms with Gasteiger partial charge in [-0.05, 0) is 44.9 Å². The van der Waals surface area contributed by atoms with E-state index in [4.69, 9.17) is 4.74 Å². The molecule has 1 aliphatic heterocycles. The van der Waals surface area contributed by atoms with E-state index in [2.05, 4.69) is 10.4 Å². The molecule has 0 atom stereocenters. The maximum Gasteiger partial charge on any atom is 0.410 e.